The highest BCUT2D eigenvalue weighted by Crippen LogP contribution is 2.37. The number of carboxylic acids is 2. The minimum absolute atomic E-state index is 0.293. The van der Waals surface area contributed by atoms with Crippen molar-refractivity contribution in [3.63, 3.8) is 0 Å². The van der Waals surface area contributed by atoms with E-state index < -0.39 is 11.9 Å². The maximum atomic E-state index is 9.10. The van der Waals surface area contributed by atoms with Gasteiger partial charge in [-0.3, -0.25) is 0 Å². The van der Waals surface area contributed by atoms with Crippen LogP contribution in [0.4, 0.5) is 0 Å². The minimum Gasteiger partial charge on any atom is -0.473 e. The van der Waals surface area contributed by atoms with E-state index in [1.165, 1.54) is 32.5 Å². The summed E-state index contributed by atoms with van der Waals surface area (Å²) in [6.07, 6.45) is 4.38. The number of aryl methyl sites for hydroxylation is 1. The third-order valence-electron chi connectivity index (χ3n) is 3.58. The topological polar surface area (TPSA) is 109 Å². The minimum atomic E-state index is -1.82. The van der Waals surface area contributed by atoms with Crippen molar-refractivity contribution in [3.05, 3.63) is 12.2 Å². The van der Waals surface area contributed by atoms with Gasteiger partial charge in [-0.25, -0.2) is 19.3 Å². The van der Waals surface area contributed by atoms with Crippen molar-refractivity contribution in [2.45, 2.75) is 25.3 Å². The first-order valence-corrected chi connectivity index (χ1v) is 6.00. The average molecular weight is 268 g/mol. The van der Waals surface area contributed by atoms with Crippen LogP contribution in [-0.4, -0.2) is 61.5 Å². The van der Waals surface area contributed by atoms with Crippen LogP contribution < -0.4 is 0 Å². The summed E-state index contributed by atoms with van der Waals surface area (Å²) in [5, 5.41) is 19.2. The molecule has 1 aromatic rings. The van der Waals surface area contributed by atoms with Crippen molar-refractivity contribution in [1.82, 2.24) is 19.7 Å². The van der Waals surface area contributed by atoms with Crippen molar-refractivity contribution in [2.24, 2.45) is 0 Å². The van der Waals surface area contributed by atoms with E-state index >= 15 is 0 Å². The van der Waals surface area contributed by atoms with Gasteiger partial charge in [0.1, 0.15) is 12.2 Å². The molecule has 0 aromatic carbocycles. The van der Waals surface area contributed by atoms with Gasteiger partial charge in [0.15, 0.2) is 0 Å². The Morgan fingerprint density at radius 3 is 2.16 bits per heavy atom. The van der Waals surface area contributed by atoms with Crippen LogP contribution in [0.25, 0.3) is 0 Å². The Hall–Kier alpha value is -1.96. The molecule has 0 atom stereocenters. The van der Waals surface area contributed by atoms with E-state index in [1.54, 1.807) is 0 Å². The molecule has 2 bridgehead atoms. The fourth-order valence-corrected chi connectivity index (χ4v) is 2.58. The standard InChI is InChI=1S/C9H14N4.C2H2O4/c1-8-10-7-13(11-8)9-2-4-12(6-9)5-3-9;3-1(4)2(5)6/h7H,2-6H2,1H3;(H,3,4)(H,5,6). The van der Waals surface area contributed by atoms with Gasteiger partial charge in [-0.15, -0.1) is 0 Å². The molecule has 8 heteroatoms. The van der Waals surface area contributed by atoms with E-state index in [-0.39, 0.29) is 0 Å². The molecule has 2 aliphatic heterocycles. The highest BCUT2D eigenvalue weighted by atomic mass is 16.4. The number of hydrogen-bond donors (Lipinski definition) is 2. The molecule has 0 amide bonds. The second-order valence-corrected chi connectivity index (χ2v) is 4.85. The predicted molar refractivity (Wildman–Crippen MR) is 63.7 cm³/mol. The molecule has 19 heavy (non-hydrogen) atoms. The molecule has 8 nitrogen and oxygen atoms in total. The van der Waals surface area contributed by atoms with Crippen molar-refractivity contribution < 1.29 is 19.8 Å². The number of piperidine rings is 1. The summed E-state index contributed by atoms with van der Waals surface area (Å²) in [5.41, 5.74) is 0.293. The molecule has 3 rings (SSSR count). The molecular weight excluding hydrogens is 252 g/mol. The van der Waals surface area contributed by atoms with E-state index in [0.717, 1.165) is 5.82 Å². The third-order valence-corrected chi connectivity index (χ3v) is 3.58. The van der Waals surface area contributed by atoms with Gasteiger partial charge >= 0.3 is 11.9 Å². The Balaban J connectivity index is 0.000000192. The zero-order valence-corrected chi connectivity index (χ0v) is 10.6. The highest BCUT2D eigenvalue weighted by molar-refractivity contribution is 6.27. The molecule has 2 N–H and O–H groups in total. The van der Waals surface area contributed by atoms with E-state index in [4.69, 9.17) is 19.8 Å². The SMILES string of the molecule is Cc1ncn(C23CCN(CC2)C3)n1.O=C(O)C(=O)O. The second kappa shape index (κ2) is 4.96. The van der Waals surface area contributed by atoms with Crippen LogP contribution in [0.2, 0.25) is 0 Å². The maximum absolute atomic E-state index is 9.10. The molecular formula is C11H16N4O4. The average Bonchev–Trinajstić information content (AvgIpc) is 3.04. The first-order valence-electron chi connectivity index (χ1n) is 6.00. The quantitative estimate of drug-likeness (QED) is 0.664. The van der Waals surface area contributed by atoms with E-state index in [2.05, 4.69) is 19.7 Å². The van der Waals surface area contributed by atoms with Gasteiger partial charge in [-0.1, -0.05) is 0 Å². The van der Waals surface area contributed by atoms with Crippen molar-refractivity contribution in [2.75, 3.05) is 19.6 Å². The van der Waals surface area contributed by atoms with Crippen molar-refractivity contribution >= 4 is 11.9 Å². The maximum Gasteiger partial charge on any atom is 0.414 e. The number of hydrogen-bond acceptors (Lipinski definition) is 5. The molecule has 104 valence electrons. The zero-order valence-electron chi connectivity index (χ0n) is 10.6. The number of nitrogens with zero attached hydrogens (tertiary/aromatic N) is 4. The number of carbonyl (C=O) groups is 2. The fraction of sp³-hybridized carbons (Fsp3) is 0.636. The molecule has 0 radical (unpaired) electrons. The molecule has 2 fully saturated rings. The summed E-state index contributed by atoms with van der Waals surface area (Å²) in [5.74, 6) is -2.76. The summed E-state index contributed by atoms with van der Waals surface area (Å²) in [7, 11) is 0. The van der Waals surface area contributed by atoms with Gasteiger partial charge in [0.2, 0.25) is 0 Å². The third kappa shape index (κ3) is 2.73. The van der Waals surface area contributed by atoms with E-state index in [1.807, 2.05) is 13.3 Å². The zero-order chi connectivity index (χ0) is 14.0. The predicted octanol–water partition coefficient (Wildman–Crippen LogP) is -0.453. The van der Waals surface area contributed by atoms with Gasteiger partial charge in [0.05, 0.1) is 5.54 Å². The lowest BCUT2D eigenvalue weighted by Gasteiger charge is -2.24. The molecule has 0 unspecified atom stereocenters. The van der Waals surface area contributed by atoms with Crippen LogP contribution in [0.15, 0.2) is 6.33 Å². The normalized spacial score (nSPS) is 27.7. The van der Waals surface area contributed by atoms with Crippen LogP contribution in [0.5, 0.6) is 0 Å². The molecule has 2 saturated heterocycles. The summed E-state index contributed by atoms with van der Waals surface area (Å²) < 4.78 is 2.09. The molecule has 3 heterocycles. The highest BCUT2D eigenvalue weighted by Gasteiger charge is 2.45. The van der Waals surface area contributed by atoms with E-state index in [9.17, 15) is 0 Å². The smallest absolute Gasteiger partial charge is 0.414 e. The molecule has 2 aliphatic rings. The molecule has 0 saturated carbocycles. The number of carboxylic acid groups (broad SMARTS) is 2. The van der Waals surface area contributed by atoms with E-state index in [0.29, 0.717) is 5.54 Å². The lowest BCUT2D eigenvalue weighted by atomic mass is 9.96. The second-order valence-electron chi connectivity index (χ2n) is 4.85. The Morgan fingerprint density at radius 1 is 1.26 bits per heavy atom. The number of aliphatic carboxylic acids is 2. The van der Waals surface area contributed by atoms with Crippen LogP contribution in [-0.2, 0) is 15.1 Å². The van der Waals surface area contributed by atoms with Gasteiger partial charge in [-0.05, 0) is 19.8 Å². The summed E-state index contributed by atoms with van der Waals surface area (Å²) in [6.45, 7) is 5.60. The largest absolute Gasteiger partial charge is 0.473 e. The lowest BCUT2D eigenvalue weighted by Crippen LogP contribution is -2.32. The number of rotatable bonds is 1. The monoisotopic (exact) mass is 268 g/mol. The fourth-order valence-electron chi connectivity index (χ4n) is 2.58. The summed E-state index contributed by atoms with van der Waals surface area (Å²) >= 11 is 0. The Morgan fingerprint density at radius 2 is 1.84 bits per heavy atom. The van der Waals surface area contributed by atoms with Crippen LogP contribution in [0, 0.1) is 6.92 Å². The molecule has 0 spiro atoms. The van der Waals surface area contributed by atoms with Gasteiger partial charge in [0.25, 0.3) is 0 Å². The molecule has 1 aromatic heterocycles. The Bertz CT molecular complexity index is 479. The van der Waals surface area contributed by atoms with Crippen molar-refractivity contribution in [3.8, 4) is 0 Å². The number of fused-ring (bicyclic) bond motifs is 2. The Labute approximate surface area is 109 Å². The first kappa shape index (κ1) is 13.5. The summed E-state index contributed by atoms with van der Waals surface area (Å²) in [4.78, 5) is 24.9. The van der Waals surface area contributed by atoms with Gasteiger partial charge in [0, 0.05) is 19.6 Å². The molecule has 0 aliphatic carbocycles. The van der Waals surface area contributed by atoms with Crippen LogP contribution in [0.1, 0.15) is 18.7 Å². The Kier molecular flexibility index (Phi) is 3.52. The van der Waals surface area contributed by atoms with Gasteiger partial charge in [-0.2, -0.15) is 5.10 Å². The summed E-state index contributed by atoms with van der Waals surface area (Å²) in [6, 6.07) is 0. The number of aromatic nitrogens is 3. The van der Waals surface area contributed by atoms with Crippen LogP contribution >= 0.6 is 0 Å². The van der Waals surface area contributed by atoms with Gasteiger partial charge < -0.3 is 15.1 Å². The van der Waals surface area contributed by atoms with Crippen molar-refractivity contribution in [1.29, 1.82) is 0 Å². The van der Waals surface area contributed by atoms with Crippen LogP contribution in [0.3, 0.4) is 0 Å². The lowest BCUT2D eigenvalue weighted by molar-refractivity contribution is -0.159. The first-order chi connectivity index (χ1) is 8.93.